The summed E-state index contributed by atoms with van der Waals surface area (Å²) in [5.41, 5.74) is 10.7. The number of nitrogens with two attached hydrogens (primary N) is 2. The van der Waals surface area contributed by atoms with Crippen LogP contribution in [0.15, 0.2) is 0 Å². The van der Waals surface area contributed by atoms with Gasteiger partial charge in [0.1, 0.15) is 36.3 Å². The summed E-state index contributed by atoms with van der Waals surface area (Å²) in [5.74, 6) is -10.4. The molecule has 1 fully saturated rings. The Morgan fingerprint density at radius 2 is 1.15 bits per heavy atom. The van der Waals surface area contributed by atoms with Gasteiger partial charge in [-0.25, -0.2) is 4.79 Å². The third-order valence-corrected chi connectivity index (χ3v) is 10.4. The summed E-state index contributed by atoms with van der Waals surface area (Å²) in [7, 11) is 1.82. The molecule has 1 aliphatic rings. The second-order valence-corrected chi connectivity index (χ2v) is 15.7. The maximum absolute atomic E-state index is 13.6. The number of hydrogen-bond acceptors (Lipinski definition) is 15. The van der Waals surface area contributed by atoms with Gasteiger partial charge in [-0.1, -0.05) is 21.6 Å². The lowest BCUT2D eigenvalue weighted by atomic mass is 10.1. The van der Waals surface area contributed by atoms with Crippen LogP contribution in [0.3, 0.4) is 0 Å². The summed E-state index contributed by atoms with van der Waals surface area (Å²) in [6.45, 7) is -0.411. The summed E-state index contributed by atoms with van der Waals surface area (Å²) in [4.78, 5) is 127. The van der Waals surface area contributed by atoms with Crippen molar-refractivity contribution in [1.82, 2.24) is 58.5 Å². The highest BCUT2D eigenvalue weighted by molar-refractivity contribution is 8.76. The van der Waals surface area contributed by atoms with E-state index < -0.39 is 122 Å². The van der Waals surface area contributed by atoms with E-state index in [-0.39, 0.29) is 62.2 Å². The molecule has 29 heteroatoms. The van der Waals surface area contributed by atoms with Gasteiger partial charge in [0.05, 0.1) is 26.2 Å². The Morgan fingerprint density at radius 1 is 0.672 bits per heavy atom. The molecule has 0 radical (unpaired) electrons. The fraction of sp³-hybridized carbons (Fsp3) is 0.625. The molecule has 0 aromatic carbocycles. The van der Waals surface area contributed by atoms with E-state index in [0.29, 0.717) is 0 Å². The Kier molecular flexibility index (Phi) is 24.6. The van der Waals surface area contributed by atoms with Gasteiger partial charge in [-0.3, -0.25) is 54.0 Å². The number of guanidine groups is 2. The molecular weight excluding hydrogens is 851 g/mol. The first-order chi connectivity index (χ1) is 28.7. The lowest BCUT2D eigenvalue weighted by Gasteiger charge is -2.25. The number of carboxylic acid groups (broad SMARTS) is 1. The Morgan fingerprint density at radius 3 is 1.69 bits per heavy atom. The predicted octanol–water partition coefficient (Wildman–Crippen LogP) is -7.72. The lowest BCUT2D eigenvalue weighted by Crippen LogP contribution is -2.57. The van der Waals surface area contributed by atoms with Crippen molar-refractivity contribution in [3.05, 3.63) is 0 Å². The first kappa shape index (κ1) is 52.9. The number of nitrogens with one attached hydrogen (secondary N) is 13. The topological polar surface area (TPSA) is 443 Å². The van der Waals surface area contributed by atoms with E-state index in [2.05, 4.69) is 58.5 Å². The van der Waals surface area contributed by atoms with Crippen molar-refractivity contribution in [3.8, 4) is 0 Å². The molecule has 0 saturated carbocycles. The van der Waals surface area contributed by atoms with Crippen LogP contribution in [0.25, 0.3) is 0 Å². The zero-order chi connectivity index (χ0) is 46.1. The standard InChI is InChI=1S/C32H55N15O12S2/c1-15-25(53)40-9-22(50)39-10-23(51)45-19(12-48)29(57)47-21(30(58)59)14-61-60-13-20(43-16(2)49)26(54)41-11-24(52)44-17(5-3-7-37-31(33)34)28(56)46-18(27(55)42-15)6-4-8-38-32(35)36/h15,17-21,48H,3-14H2,1-2H3,(H,39,50)(H,40,53)(H,41,54)(H,42,55)(H,43,49)(H,44,52)(H,45,51)(H,46,56)(H,47,57)(H,58,59)(H4,33,34,37)(H4,35,36,38)/t15-,17-,18-,19-,20-,21-/m0/s1. The molecule has 0 aromatic rings. The third kappa shape index (κ3) is 22.7. The molecule has 6 atom stereocenters. The van der Waals surface area contributed by atoms with Gasteiger partial charge in [0, 0.05) is 31.5 Å². The Hall–Kier alpha value is -6.10. The number of amides is 9. The van der Waals surface area contributed by atoms with E-state index >= 15 is 0 Å². The number of carboxylic acids is 1. The molecule has 61 heavy (non-hydrogen) atoms. The maximum atomic E-state index is 13.6. The van der Waals surface area contributed by atoms with Gasteiger partial charge in [0.2, 0.25) is 53.2 Å². The lowest BCUT2D eigenvalue weighted by molar-refractivity contribution is -0.141. The molecule has 19 N–H and O–H groups in total. The molecule has 0 bridgehead atoms. The Balaban J connectivity index is 3.41. The summed E-state index contributed by atoms with van der Waals surface area (Å²) >= 11 is 0. The molecule has 0 aromatic heterocycles. The van der Waals surface area contributed by atoms with Gasteiger partial charge in [0.25, 0.3) is 0 Å². The van der Waals surface area contributed by atoms with Crippen LogP contribution in [-0.4, -0.2) is 168 Å². The van der Waals surface area contributed by atoms with E-state index in [4.69, 9.17) is 22.3 Å². The van der Waals surface area contributed by atoms with Crippen molar-refractivity contribution in [2.45, 2.75) is 75.8 Å². The first-order valence-corrected chi connectivity index (χ1v) is 21.1. The molecule has 0 spiro atoms. The molecule has 27 nitrogen and oxygen atoms in total. The molecule has 1 heterocycles. The van der Waals surface area contributed by atoms with Crippen LogP contribution in [0, 0.1) is 10.8 Å². The van der Waals surface area contributed by atoms with Crippen molar-refractivity contribution < 1.29 is 58.2 Å². The molecule has 1 rings (SSSR count). The molecule has 1 saturated heterocycles. The van der Waals surface area contributed by atoms with Crippen molar-refractivity contribution in [1.29, 1.82) is 10.8 Å². The van der Waals surface area contributed by atoms with Crippen LogP contribution in [-0.2, 0) is 47.9 Å². The number of aliphatic hydroxyl groups is 1. The van der Waals surface area contributed by atoms with Crippen LogP contribution in [0.1, 0.15) is 39.5 Å². The summed E-state index contributed by atoms with van der Waals surface area (Å²) in [6, 6.07) is -8.37. The number of aliphatic hydroxyl groups excluding tert-OH is 1. The highest BCUT2D eigenvalue weighted by atomic mass is 33.1. The summed E-state index contributed by atoms with van der Waals surface area (Å²) in [6.07, 6.45) is 0.229. The summed E-state index contributed by atoms with van der Waals surface area (Å²) in [5, 5.41) is 60.2. The van der Waals surface area contributed by atoms with E-state index in [1.807, 2.05) is 0 Å². The highest BCUT2D eigenvalue weighted by Crippen LogP contribution is 2.23. The average Bonchev–Trinajstić information content (AvgIpc) is 3.18. The van der Waals surface area contributed by atoms with Crippen molar-refractivity contribution in [2.75, 3.05) is 50.8 Å². The van der Waals surface area contributed by atoms with Gasteiger partial charge in [0.15, 0.2) is 11.9 Å². The van der Waals surface area contributed by atoms with Gasteiger partial charge < -0.3 is 80.2 Å². The first-order valence-electron chi connectivity index (χ1n) is 18.6. The smallest absolute Gasteiger partial charge is 0.327 e. The van der Waals surface area contributed by atoms with Crippen LogP contribution < -0.4 is 70.0 Å². The molecule has 0 unspecified atom stereocenters. The number of carbonyl (C=O) groups excluding carboxylic acids is 9. The van der Waals surface area contributed by atoms with E-state index in [9.17, 15) is 58.2 Å². The zero-order valence-electron chi connectivity index (χ0n) is 33.4. The quantitative estimate of drug-likeness (QED) is 0.0396. The SMILES string of the molecule is CC(=O)N[C@H]1CSSC[C@@H](C(=O)O)NC(=O)[C@H](CO)NC(=O)CNC(=O)CNC(=O)[C@H](C)NC(=O)[C@H](CCCNC(=N)N)NC(=O)[C@H](CCCNC(=N)N)NC(=O)CNC1=O. The van der Waals surface area contributed by atoms with Crippen molar-refractivity contribution in [2.24, 2.45) is 11.5 Å². The number of rotatable bonds is 11. The summed E-state index contributed by atoms with van der Waals surface area (Å²) < 4.78 is 0. The fourth-order valence-electron chi connectivity index (χ4n) is 4.89. The molecule has 342 valence electrons. The molecule has 0 aliphatic carbocycles. The van der Waals surface area contributed by atoms with Crippen LogP contribution >= 0.6 is 21.6 Å². The Bertz CT molecular complexity index is 1620. The van der Waals surface area contributed by atoms with Crippen LogP contribution in [0.4, 0.5) is 0 Å². The van der Waals surface area contributed by atoms with Crippen molar-refractivity contribution >= 4 is 92.6 Å². The second-order valence-electron chi connectivity index (χ2n) is 13.1. The maximum Gasteiger partial charge on any atom is 0.327 e. The average molecular weight is 906 g/mol. The highest BCUT2D eigenvalue weighted by Gasteiger charge is 2.30. The normalized spacial score (nSPS) is 23.8. The fourth-order valence-corrected chi connectivity index (χ4v) is 7.21. The van der Waals surface area contributed by atoms with Gasteiger partial charge >= 0.3 is 5.97 Å². The Labute approximate surface area is 357 Å². The predicted molar refractivity (Wildman–Crippen MR) is 220 cm³/mol. The third-order valence-electron chi connectivity index (χ3n) is 7.99. The van der Waals surface area contributed by atoms with Crippen molar-refractivity contribution in [3.63, 3.8) is 0 Å². The second kappa shape index (κ2) is 28.4. The largest absolute Gasteiger partial charge is 0.480 e. The molecular formula is C32H55N15O12S2. The van der Waals surface area contributed by atoms with Crippen LogP contribution in [0.5, 0.6) is 0 Å². The minimum atomic E-state index is -1.63. The zero-order valence-corrected chi connectivity index (χ0v) is 35.0. The molecule has 9 amide bonds. The number of carbonyl (C=O) groups is 10. The van der Waals surface area contributed by atoms with Gasteiger partial charge in [-0.2, -0.15) is 0 Å². The molecule has 1 aliphatic heterocycles. The minimum absolute atomic E-state index is 0.0596. The van der Waals surface area contributed by atoms with Gasteiger partial charge in [-0.15, -0.1) is 0 Å². The number of hydrogen-bond donors (Lipinski definition) is 17. The van der Waals surface area contributed by atoms with E-state index in [0.717, 1.165) is 28.5 Å². The van der Waals surface area contributed by atoms with E-state index in [1.54, 1.807) is 0 Å². The minimum Gasteiger partial charge on any atom is -0.480 e. The monoisotopic (exact) mass is 905 g/mol. The van der Waals surface area contributed by atoms with Gasteiger partial charge in [-0.05, 0) is 32.6 Å². The van der Waals surface area contributed by atoms with Crippen LogP contribution in [0.2, 0.25) is 0 Å². The number of aliphatic carboxylic acids is 1. The van der Waals surface area contributed by atoms with E-state index in [1.165, 1.54) is 6.92 Å².